The van der Waals surface area contributed by atoms with E-state index in [2.05, 4.69) is 43.2 Å². The summed E-state index contributed by atoms with van der Waals surface area (Å²) in [5.74, 6) is 0. The topological polar surface area (TPSA) is 24.9 Å². The van der Waals surface area contributed by atoms with Gasteiger partial charge in [-0.05, 0) is 36.6 Å². The average molecular weight is 192 g/mol. The van der Waals surface area contributed by atoms with Crippen LogP contribution in [0.1, 0.15) is 26.3 Å². The minimum Gasteiger partial charge on any atom is -0.316 e. The van der Waals surface area contributed by atoms with Gasteiger partial charge in [-0.3, -0.25) is 4.98 Å². The summed E-state index contributed by atoms with van der Waals surface area (Å²) in [6.07, 6.45) is 4.76. The lowest BCUT2D eigenvalue weighted by atomic mass is 9.83. The van der Waals surface area contributed by atoms with Crippen molar-refractivity contribution in [3.8, 4) is 0 Å². The number of rotatable bonds is 3. The maximum Gasteiger partial charge on any atom is 0.0270 e. The Morgan fingerprint density at radius 2 is 1.86 bits per heavy atom. The minimum atomic E-state index is 0.290. The van der Waals surface area contributed by atoms with Crippen LogP contribution in [0.15, 0.2) is 24.5 Å². The summed E-state index contributed by atoms with van der Waals surface area (Å²) < 4.78 is 0. The highest BCUT2D eigenvalue weighted by atomic mass is 14.9. The number of pyridine rings is 1. The Labute approximate surface area is 86.8 Å². The molecule has 0 saturated heterocycles. The zero-order valence-corrected chi connectivity index (χ0v) is 9.54. The molecule has 14 heavy (non-hydrogen) atoms. The average Bonchev–Trinajstić information content (AvgIpc) is 2.14. The highest BCUT2D eigenvalue weighted by Crippen LogP contribution is 2.21. The molecule has 1 unspecified atom stereocenters. The van der Waals surface area contributed by atoms with E-state index >= 15 is 0 Å². The van der Waals surface area contributed by atoms with Gasteiger partial charge in [0.15, 0.2) is 0 Å². The molecule has 1 aromatic rings. The highest BCUT2D eigenvalue weighted by Gasteiger charge is 2.22. The van der Waals surface area contributed by atoms with E-state index in [-0.39, 0.29) is 5.41 Å². The van der Waals surface area contributed by atoms with Crippen LogP contribution in [0.25, 0.3) is 0 Å². The van der Waals surface area contributed by atoms with Crippen LogP contribution >= 0.6 is 0 Å². The molecule has 1 rings (SSSR count). The quantitative estimate of drug-likeness (QED) is 0.794. The molecule has 1 N–H and O–H groups in total. The van der Waals surface area contributed by atoms with Gasteiger partial charge in [-0.2, -0.15) is 0 Å². The summed E-state index contributed by atoms with van der Waals surface area (Å²) >= 11 is 0. The lowest BCUT2D eigenvalue weighted by Crippen LogP contribution is -2.39. The van der Waals surface area contributed by atoms with E-state index in [0.717, 1.165) is 6.42 Å². The molecule has 0 fully saturated rings. The molecule has 78 valence electrons. The Morgan fingerprint density at radius 1 is 1.29 bits per heavy atom. The monoisotopic (exact) mass is 192 g/mol. The van der Waals surface area contributed by atoms with Crippen molar-refractivity contribution in [1.82, 2.24) is 10.3 Å². The van der Waals surface area contributed by atoms with Crippen molar-refractivity contribution in [3.63, 3.8) is 0 Å². The number of hydrogen-bond donors (Lipinski definition) is 1. The molecule has 0 aliphatic rings. The first kappa shape index (κ1) is 11.2. The Hall–Kier alpha value is -0.890. The molecule has 0 saturated carbocycles. The third-order valence-electron chi connectivity index (χ3n) is 2.58. The van der Waals surface area contributed by atoms with Crippen LogP contribution in [0.5, 0.6) is 0 Å². The van der Waals surface area contributed by atoms with Crippen LogP contribution in [0, 0.1) is 5.41 Å². The van der Waals surface area contributed by atoms with E-state index in [1.807, 2.05) is 19.4 Å². The van der Waals surface area contributed by atoms with Gasteiger partial charge in [-0.1, -0.05) is 20.8 Å². The predicted octanol–water partition coefficient (Wildman–Crippen LogP) is 2.26. The van der Waals surface area contributed by atoms with Gasteiger partial charge in [0.1, 0.15) is 0 Å². The highest BCUT2D eigenvalue weighted by molar-refractivity contribution is 5.12. The molecular weight excluding hydrogens is 172 g/mol. The van der Waals surface area contributed by atoms with Gasteiger partial charge in [-0.15, -0.1) is 0 Å². The SMILES string of the molecule is CNC(Cc1ccncc1)C(C)(C)C. The fourth-order valence-electron chi connectivity index (χ4n) is 1.60. The van der Waals surface area contributed by atoms with Gasteiger partial charge >= 0.3 is 0 Å². The number of nitrogens with zero attached hydrogens (tertiary/aromatic N) is 1. The van der Waals surface area contributed by atoms with Crippen molar-refractivity contribution in [2.75, 3.05) is 7.05 Å². The van der Waals surface area contributed by atoms with Crippen LogP contribution in [-0.4, -0.2) is 18.1 Å². The largest absolute Gasteiger partial charge is 0.316 e. The normalized spacial score (nSPS) is 14.0. The second-order valence-electron chi connectivity index (χ2n) is 4.77. The summed E-state index contributed by atoms with van der Waals surface area (Å²) in [6, 6.07) is 4.66. The van der Waals surface area contributed by atoms with Crippen molar-refractivity contribution in [2.45, 2.75) is 33.2 Å². The van der Waals surface area contributed by atoms with Crippen LogP contribution < -0.4 is 5.32 Å². The predicted molar refractivity (Wildman–Crippen MR) is 60.2 cm³/mol. The van der Waals surface area contributed by atoms with Crippen LogP contribution in [0.3, 0.4) is 0 Å². The third-order valence-corrected chi connectivity index (χ3v) is 2.58. The molecule has 0 aliphatic carbocycles. The Morgan fingerprint density at radius 3 is 2.29 bits per heavy atom. The Balaban J connectivity index is 2.67. The summed E-state index contributed by atoms with van der Waals surface area (Å²) in [6.45, 7) is 6.78. The van der Waals surface area contributed by atoms with Gasteiger partial charge in [-0.25, -0.2) is 0 Å². The fraction of sp³-hybridized carbons (Fsp3) is 0.583. The molecule has 2 heteroatoms. The maximum absolute atomic E-state index is 4.02. The number of nitrogens with one attached hydrogen (secondary N) is 1. The van der Waals surface area contributed by atoms with Crippen LogP contribution in [0.2, 0.25) is 0 Å². The first-order valence-corrected chi connectivity index (χ1v) is 5.10. The van der Waals surface area contributed by atoms with E-state index in [1.165, 1.54) is 5.56 Å². The minimum absolute atomic E-state index is 0.290. The van der Waals surface area contributed by atoms with Gasteiger partial charge in [0.05, 0.1) is 0 Å². The van der Waals surface area contributed by atoms with Gasteiger partial charge in [0.2, 0.25) is 0 Å². The van der Waals surface area contributed by atoms with E-state index in [9.17, 15) is 0 Å². The van der Waals surface area contributed by atoms with Gasteiger partial charge in [0, 0.05) is 18.4 Å². The standard InChI is InChI=1S/C12H20N2/c1-12(2,3)11(13-4)9-10-5-7-14-8-6-10/h5-8,11,13H,9H2,1-4H3. The Bertz CT molecular complexity index is 261. The molecule has 0 spiro atoms. The van der Waals surface area contributed by atoms with E-state index < -0.39 is 0 Å². The molecule has 1 atom stereocenters. The zero-order chi connectivity index (χ0) is 10.6. The van der Waals surface area contributed by atoms with E-state index in [0.29, 0.717) is 6.04 Å². The fourth-order valence-corrected chi connectivity index (χ4v) is 1.60. The molecule has 2 nitrogen and oxygen atoms in total. The molecule has 0 radical (unpaired) electrons. The van der Waals surface area contributed by atoms with Crippen LogP contribution in [-0.2, 0) is 6.42 Å². The zero-order valence-electron chi connectivity index (χ0n) is 9.54. The molecule has 1 heterocycles. The summed E-state index contributed by atoms with van der Waals surface area (Å²) in [5.41, 5.74) is 1.63. The van der Waals surface area contributed by atoms with Gasteiger partial charge < -0.3 is 5.32 Å². The van der Waals surface area contributed by atoms with Crippen molar-refractivity contribution in [1.29, 1.82) is 0 Å². The third kappa shape index (κ3) is 3.11. The molecule has 0 amide bonds. The molecule has 0 bridgehead atoms. The smallest absolute Gasteiger partial charge is 0.0270 e. The molecular formula is C12H20N2. The van der Waals surface area contributed by atoms with Crippen molar-refractivity contribution in [3.05, 3.63) is 30.1 Å². The van der Waals surface area contributed by atoms with Crippen molar-refractivity contribution >= 4 is 0 Å². The van der Waals surface area contributed by atoms with Crippen LogP contribution in [0.4, 0.5) is 0 Å². The van der Waals surface area contributed by atoms with E-state index in [1.54, 1.807) is 0 Å². The number of likely N-dealkylation sites (N-methyl/N-ethyl adjacent to an activating group) is 1. The summed E-state index contributed by atoms with van der Waals surface area (Å²) in [4.78, 5) is 4.02. The van der Waals surface area contributed by atoms with Crippen molar-refractivity contribution < 1.29 is 0 Å². The summed E-state index contributed by atoms with van der Waals surface area (Å²) in [5, 5.41) is 3.37. The molecule has 1 aromatic heterocycles. The molecule has 0 aliphatic heterocycles. The first-order chi connectivity index (χ1) is 6.54. The lowest BCUT2D eigenvalue weighted by molar-refractivity contribution is 0.280. The number of aromatic nitrogens is 1. The number of hydrogen-bond acceptors (Lipinski definition) is 2. The lowest BCUT2D eigenvalue weighted by Gasteiger charge is -2.30. The second-order valence-corrected chi connectivity index (χ2v) is 4.77. The van der Waals surface area contributed by atoms with E-state index in [4.69, 9.17) is 0 Å². The maximum atomic E-state index is 4.02. The second kappa shape index (κ2) is 4.56. The summed E-state index contributed by atoms with van der Waals surface area (Å²) in [7, 11) is 2.02. The first-order valence-electron chi connectivity index (χ1n) is 5.10. The molecule has 0 aromatic carbocycles. The Kier molecular flexibility index (Phi) is 3.64. The van der Waals surface area contributed by atoms with Gasteiger partial charge in [0.25, 0.3) is 0 Å². The van der Waals surface area contributed by atoms with Crippen molar-refractivity contribution in [2.24, 2.45) is 5.41 Å².